The van der Waals surface area contributed by atoms with Gasteiger partial charge in [0.05, 0.1) is 23.7 Å². The van der Waals surface area contributed by atoms with Crippen molar-refractivity contribution in [3.8, 4) is 0 Å². The molecule has 0 saturated carbocycles. The number of nitrogens with one attached hydrogen (secondary N) is 2. The molecule has 36 heavy (non-hydrogen) atoms. The number of rotatable bonds is 8. The molecule has 0 aromatic carbocycles. The van der Waals surface area contributed by atoms with Gasteiger partial charge in [-0.15, -0.1) is 0 Å². The molecule has 0 bridgehead atoms. The maximum Gasteiger partial charge on any atom is 0.232 e. The number of carbonyl (C=O) groups excluding carboxylic acids is 1. The van der Waals surface area contributed by atoms with Crippen molar-refractivity contribution in [2.75, 3.05) is 38.2 Å². The van der Waals surface area contributed by atoms with Gasteiger partial charge in [0, 0.05) is 25.1 Å². The first-order valence-electron chi connectivity index (χ1n) is 13.3. The highest BCUT2D eigenvalue weighted by atomic mass is 32.2. The minimum atomic E-state index is -2.99. The molecule has 5 atom stereocenters. The van der Waals surface area contributed by atoms with Crippen LogP contribution in [-0.2, 0) is 14.6 Å². The largest absolute Gasteiger partial charge is 0.350 e. The minimum absolute atomic E-state index is 0.0899. The Kier molecular flexibility index (Phi) is 10.5. The van der Waals surface area contributed by atoms with E-state index in [0.717, 1.165) is 44.5 Å². The van der Waals surface area contributed by atoms with Crippen LogP contribution in [0.2, 0.25) is 0 Å². The average molecular weight is 529 g/mol. The number of sulfone groups is 1. The van der Waals surface area contributed by atoms with E-state index in [1.165, 1.54) is 12.5 Å². The fourth-order valence-corrected chi connectivity index (χ4v) is 7.22. The van der Waals surface area contributed by atoms with E-state index in [1.54, 1.807) is 0 Å². The summed E-state index contributed by atoms with van der Waals surface area (Å²) >= 11 is 0. The van der Waals surface area contributed by atoms with Gasteiger partial charge in [-0.2, -0.15) is 0 Å². The number of nitrogens with zero attached hydrogens (tertiary/aromatic N) is 2. The van der Waals surface area contributed by atoms with E-state index in [2.05, 4.69) is 20.5 Å². The van der Waals surface area contributed by atoms with Crippen molar-refractivity contribution >= 4 is 22.0 Å². The molecule has 0 aromatic heterocycles. The number of hydrogen-bond acceptors (Lipinski definition) is 8. The lowest BCUT2D eigenvalue weighted by atomic mass is 9.85. The number of hydrogen-bond donors (Lipinski definition) is 4. The maximum absolute atomic E-state index is 14.2. The van der Waals surface area contributed by atoms with E-state index in [9.17, 15) is 17.6 Å². The third-order valence-electron chi connectivity index (χ3n) is 7.95. The van der Waals surface area contributed by atoms with Crippen LogP contribution in [-0.4, -0.2) is 88.0 Å². The third kappa shape index (κ3) is 7.80. The number of aliphatic imine (C=N–C) groups is 1. The highest BCUT2D eigenvalue weighted by molar-refractivity contribution is 7.90. The molecule has 2 saturated heterocycles. The molecule has 11 heteroatoms. The Morgan fingerprint density at radius 2 is 1.94 bits per heavy atom. The Hall–Kier alpha value is -1.40. The monoisotopic (exact) mass is 528 g/mol. The third-order valence-corrected chi connectivity index (χ3v) is 9.02. The van der Waals surface area contributed by atoms with E-state index < -0.39 is 28.1 Å². The van der Waals surface area contributed by atoms with E-state index in [0.29, 0.717) is 31.5 Å². The van der Waals surface area contributed by atoms with Crippen LogP contribution in [0.4, 0.5) is 4.39 Å². The average Bonchev–Trinajstić information content (AvgIpc) is 2.80. The molecule has 0 radical (unpaired) electrons. The molecule has 3 aliphatic rings. The van der Waals surface area contributed by atoms with Gasteiger partial charge in [0.25, 0.3) is 0 Å². The molecule has 3 heterocycles. The predicted molar refractivity (Wildman–Crippen MR) is 142 cm³/mol. The van der Waals surface area contributed by atoms with Crippen LogP contribution in [0, 0.1) is 17.8 Å². The number of piperidine rings is 2. The second-order valence-corrected chi connectivity index (χ2v) is 13.0. The summed E-state index contributed by atoms with van der Waals surface area (Å²) in [4.78, 5) is 20.5. The smallest absolute Gasteiger partial charge is 0.232 e. The van der Waals surface area contributed by atoms with Crippen LogP contribution in [0.1, 0.15) is 52.4 Å². The van der Waals surface area contributed by atoms with Gasteiger partial charge in [-0.05, 0) is 75.6 Å². The summed E-state index contributed by atoms with van der Waals surface area (Å²) in [7, 11) is -2.99. The molecule has 206 valence electrons. The van der Waals surface area contributed by atoms with Crippen LogP contribution in [0.15, 0.2) is 16.3 Å². The molecule has 3 rings (SSSR count). The summed E-state index contributed by atoms with van der Waals surface area (Å²) in [5.41, 5.74) is 13.8. The van der Waals surface area contributed by atoms with Crippen LogP contribution >= 0.6 is 0 Å². The van der Waals surface area contributed by atoms with Crippen molar-refractivity contribution in [3.63, 3.8) is 0 Å². The normalized spacial score (nSPS) is 33.1. The molecule has 0 aromatic rings. The van der Waals surface area contributed by atoms with Crippen LogP contribution in [0.5, 0.6) is 0 Å². The van der Waals surface area contributed by atoms with Crippen molar-refractivity contribution in [3.05, 3.63) is 11.3 Å². The summed E-state index contributed by atoms with van der Waals surface area (Å²) in [6.45, 7) is 7.14. The van der Waals surface area contributed by atoms with Crippen molar-refractivity contribution in [1.82, 2.24) is 15.5 Å². The van der Waals surface area contributed by atoms with Gasteiger partial charge in [0.1, 0.15) is 21.9 Å². The number of carbonyl (C=O) groups is 1. The van der Waals surface area contributed by atoms with Gasteiger partial charge in [-0.25, -0.2) is 12.8 Å². The van der Waals surface area contributed by atoms with Crippen LogP contribution in [0.25, 0.3) is 0 Å². The van der Waals surface area contributed by atoms with Gasteiger partial charge in [0.15, 0.2) is 0 Å². The molecule has 6 N–H and O–H groups in total. The fraction of sp³-hybridized carbons (Fsp3) is 0.840. The Bertz CT molecular complexity index is 917. The minimum Gasteiger partial charge on any atom is -0.350 e. The molecule has 1 amide bonds. The first kappa shape index (κ1) is 29.2. The first-order chi connectivity index (χ1) is 17.0. The Balaban J connectivity index is 1.75. The summed E-state index contributed by atoms with van der Waals surface area (Å²) in [6.07, 6.45) is 4.77. The Labute approximate surface area is 215 Å². The van der Waals surface area contributed by atoms with E-state index in [1.807, 2.05) is 13.8 Å². The Morgan fingerprint density at radius 3 is 2.56 bits per heavy atom. The summed E-state index contributed by atoms with van der Waals surface area (Å²) in [5.74, 6) is -0.642. The van der Waals surface area contributed by atoms with E-state index in [-0.39, 0.29) is 35.6 Å². The molecule has 9 nitrogen and oxygen atoms in total. The standard InChI is InChI=1S/C25H45FN6O3S/c1-4-19-16(2)5-6-18(26)13-30-23(19)22(24(27)28)25(33)31-20-14-29-10-7-21(20)32-11-8-17(9-12-32)15-36(3,34)35/h13,16-18,20-22,24,29H,4-12,14-15,27-28H2,1-3H3,(H,31,33)/b23-19-,30-13-. The lowest BCUT2D eigenvalue weighted by molar-refractivity contribution is -0.126. The van der Waals surface area contributed by atoms with Gasteiger partial charge in [-0.1, -0.05) is 13.8 Å². The van der Waals surface area contributed by atoms with Crippen LogP contribution < -0.4 is 22.1 Å². The SMILES string of the molecule is CC/C1=C(C(C(=O)NC2CNCCC2N2CCC(CS(C)(=O)=O)CC2)C(N)N)/N=C\C(F)CCC1C. The van der Waals surface area contributed by atoms with Crippen molar-refractivity contribution in [2.24, 2.45) is 34.2 Å². The van der Waals surface area contributed by atoms with Crippen LogP contribution in [0.3, 0.4) is 0 Å². The highest BCUT2D eigenvalue weighted by Crippen LogP contribution is 2.32. The van der Waals surface area contributed by atoms with Gasteiger partial charge in [-0.3, -0.25) is 14.7 Å². The number of alkyl halides is 1. The molecule has 3 aliphatic heterocycles. The number of likely N-dealkylation sites (tertiary alicyclic amines) is 1. The topological polar surface area (TPSA) is 143 Å². The summed E-state index contributed by atoms with van der Waals surface area (Å²) < 4.78 is 37.6. The quantitative estimate of drug-likeness (QED) is 0.344. The second-order valence-electron chi connectivity index (χ2n) is 10.8. The molecule has 0 aliphatic carbocycles. The lowest BCUT2D eigenvalue weighted by Crippen LogP contribution is -2.62. The molecular formula is C25H45FN6O3S. The van der Waals surface area contributed by atoms with Crippen molar-refractivity contribution in [1.29, 1.82) is 0 Å². The van der Waals surface area contributed by atoms with E-state index >= 15 is 0 Å². The predicted octanol–water partition coefficient (Wildman–Crippen LogP) is 0.952. The number of allylic oxidation sites excluding steroid dienone is 1. The van der Waals surface area contributed by atoms with Gasteiger partial charge < -0.3 is 22.1 Å². The van der Waals surface area contributed by atoms with Crippen molar-refractivity contribution in [2.45, 2.75) is 76.8 Å². The fourth-order valence-electron chi connectivity index (χ4n) is 6.03. The zero-order valence-corrected chi connectivity index (χ0v) is 22.8. The molecule has 0 spiro atoms. The van der Waals surface area contributed by atoms with E-state index in [4.69, 9.17) is 11.5 Å². The lowest BCUT2D eigenvalue weighted by Gasteiger charge is -2.44. The number of amides is 1. The molecular weight excluding hydrogens is 483 g/mol. The zero-order valence-electron chi connectivity index (χ0n) is 22.0. The molecule has 5 unspecified atom stereocenters. The van der Waals surface area contributed by atoms with Gasteiger partial charge in [0.2, 0.25) is 5.91 Å². The summed E-state index contributed by atoms with van der Waals surface area (Å²) in [6, 6.07) is -0.00726. The number of halogens is 1. The van der Waals surface area contributed by atoms with Crippen molar-refractivity contribution < 1.29 is 17.6 Å². The first-order valence-corrected chi connectivity index (χ1v) is 15.4. The zero-order chi connectivity index (χ0) is 26.5. The number of nitrogens with two attached hydrogens (primary N) is 2. The summed E-state index contributed by atoms with van der Waals surface area (Å²) in [5, 5.41) is 6.57. The highest BCUT2D eigenvalue weighted by Gasteiger charge is 2.37. The molecule has 2 fully saturated rings. The second kappa shape index (κ2) is 12.9. The maximum atomic E-state index is 14.2. The Morgan fingerprint density at radius 1 is 1.25 bits per heavy atom. The van der Waals surface area contributed by atoms with Gasteiger partial charge >= 0.3 is 0 Å².